The van der Waals surface area contributed by atoms with Gasteiger partial charge in [0.2, 0.25) is 0 Å². The highest BCUT2D eigenvalue weighted by molar-refractivity contribution is 7.09. The first-order valence-electron chi connectivity index (χ1n) is 6.24. The zero-order valence-corrected chi connectivity index (χ0v) is 13.0. The lowest BCUT2D eigenvalue weighted by atomic mass is 10.1. The molecule has 2 heterocycles. The molecule has 0 spiro atoms. The molecule has 20 heavy (non-hydrogen) atoms. The molecule has 0 radical (unpaired) electrons. The van der Waals surface area contributed by atoms with Crippen LogP contribution in [-0.2, 0) is 6.42 Å². The molecule has 0 aliphatic rings. The molecular weight excluding hydrogens is 292 g/mol. The Bertz CT molecular complexity index is 597. The molecular formula is C14H17ClN4S. The first kappa shape index (κ1) is 14.8. The van der Waals surface area contributed by atoms with Crippen molar-refractivity contribution in [3.63, 3.8) is 0 Å². The molecule has 0 saturated carbocycles. The van der Waals surface area contributed by atoms with Crippen LogP contribution in [0.4, 0.5) is 5.82 Å². The summed E-state index contributed by atoms with van der Waals surface area (Å²) in [6.45, 7) is 2.12. The lowest BCUT2D eigenvalue weighted by molar-refractivity contribution is 0.680. The number of pyridine rings is 1. The van der Waals surface area contributed by atoms with E-state index in [0.717, 1.165) is 6.42 Å². The highest BCUT2D eigenvalue weighted by Gasteiger charge is 2.18. The van der Waals surface area contributed by atoms with E-state index in [9.17, 15) is 0 Å². The summed E-state index contributed by atoms with van der Waals surface area (Å²) in [5, 5.41) is 10.0. The van der Waals surface area contributed by atoms with E-state index in [-0.39, 0.29) is 11.9 Å². The quantitative estimate of drug-likeness (QED) is 0.658. The van der Waals surface area contributed by atoms with Crippen LogP contribution in [0.1, 0.15) is 17.4 Å². The molecule has 0 aliphatic heterocycles. The van der Waals surface area contributed by atoms with Crippen molar-refractivity contribution in [3.05, 3.63) is 45.2 Å². The molecule has 0 aromatic carbocycles. The summed E-state index contributed by atoms with van der Waals surface area (Å²) in [5.74, 6) is 0.612. The minimum Gasteiger partial charge on any atom is -0.384 e. The summed E-state index contributed by atoms with van der Waals surface area (Å²) in [7, 11) is 1.95. The molecule has 0 aliphatic carbocycles. The third-order valence-electron chi connectivity index (χ3n) is 3.23. The van der Waals surface area contributed by atoms with Gasteiger partial charge in [0, 0.05) is 36.1 Å². The maximum Gasteiger partial charge on any atom is 0.148 e. The van der Waals surface area contributed by atoms with E-state index in [4.69, 9.17) is 22.7 Å². The molecule has 0 amide bonds. The van der Waals surface area contributed by atoms with Gasteiger partial charge in [0.05, 0.1) is 5.02 Å². The molecule has 2 aromatic heterocycles. The van der Waals surface area contributed by atoms with Gasteiger partial charge in [0.1, 0.15) is 11.7 Å². The number of hydrogen-bond donors (Lipinski definition) is 2. The van der Waals surface area contributed by atoms with E-state index in [0.29, 0.717) is 16.4 Å². The molecule has 2 aromatic rings. The highest BCUT2D eigenvalue weighted by Crippen LogP contribution is 2.28. The third-order valence-corrected chi connectivity index (χ3v) is 4.50. The molecule has 106 valence electrons. The maximum atomic E-state index is 7.53. The van der Waals surface area contributed by atoms with E-state index in [2.05, 4.69) is 23.4 Å². The van der Waals surface area contributed by atoms with Gasteiger partial charge < -0.3 is 10.6 Å². The number of thiophene rings is 1. The number of hydrogen-bond acceptors (Lipinski definition) is 4. The zero-order valence-electron chi connectivity index (χ0n) is 11.4. The SMILES string of the molecule is CC(Cc1cccs1)N(C)c1nccc(C(=N)N)c1Cl. The van der Waals surface area contributed by atoms with Crippen LogP contribution in [0.25, 0.3) is 0 Å². The number of halogens is 1. The Kier molecular flexibility index (Phi) is 4.62. The number of nitrogens with one attached hydrogen (secondary N) is 1. The van der Waals surface area contributed by atoms with Crippen molar-refractivity contribution in [1.29, 1.82) is 5.41 Å². The zero-order chi connectivity index (χ0) is 14.7. The van der Waals surface area contributed by atoms with Crippen molar-refractivity contribution in [2.75, 3.05) is 11.9 Å². The first-order chi connectivity index (χ1) is 9.50. The fourth-order valence-electron chi connectivity index (χ4n) is 1.95. The van der Waals surface area contributed by atoms with Crippen LogP contribution in [0, 0.1) is 5.41 Å². The van der Waals surface area contributed by atoms with E-state index in [1.165, 1.54) is 4.88 Å². The summed E-state index contributed by atoms with van der Waals surface area (Å²) in [4.78, 5) is 7.66. The summed E-state index contributed by atoms with van der Waals surface area (Å²) in [6.07, 6.45) is 2.56. The molecule has 2 rings (SSSR count). The smallest absolute Gasteiger partial charge is 0.148 e. The van der Waals surface area contributed by atoms with Crippen LogP contribution >= 0.6 is 22.9 Å². The third kappa shape index (κ3) is 3.11. The lowest BCUT2D eigenvalue weighted by Gasteiger charge is -2.27. The Hall–Kier alpha value is -1.59. The van der Waals surface area contributed by atoms with Crippen LogP contribution in [-0.4, -0.2) is 23.9 Å². The van der Waals surface area contributed by atoms with Crippen molar-refractivity contribution in [3.8, 4) is 0 Å². The summed E-state index contributed by atoms with van der Waals surface area (Å²) < 4.78 is 0. The molecule has 4 nitrogen and oxygen atoms in total. The fraction of sp³-hybridized carbons (Fsp3) is 0.286. The van der Waals surface area contributed by atoms with Crippen LogP contribution in [0.2, 0.25) is 5.02 Å². The Morgan fingerprint density at radius 1 is 1.55 bits per heavy atom. The second kappa shape index (κ2) is 6.24. The Labute approximate surface area is 127 Å². The summed E-state index contributed by atoms with van der Waals surface area (Å²) >= 11 is 8.04. The minimum absolute atomic E-state index is 0.0436. The van der Waals surface area contributed by atoms with E-state index < -0.39 is 0 Å². The van der Waals surface area contributed by atoms with Gasteiger partial charge in [0.15, 0.2) is 0 Å². The number of aromatic nitrogens is 1. The Morgan fingerprint density at radius 3 is 2.90 bits per heavy atom. The van der Waals surface area contributed by atoms with Crippen LogP contribution in [0.5, 0.6) is 0 Å². The number of nitrogens with two attached hydrogens (primary N) is 1. The molecule has 1 unspecified atom stereocenters. The monoisotopic (exact) mass is 308 g/mol. The van der Waals surface area contributed by atoms with Gasteiger partial charge in [-0.3, -0.25) is 5.41 Å². The molecule has 0 saturated heterocycles. The number of amidine groups is 1. The molecule has 6 heteroatoms. The average Bonchev–Trinajstić information content (AvgIpc) is 2.90. The minimum atomic E-state index is -0.0436. The Balaban J connectivity index is 2.22. The number of rotatable bonds is 5. The predicted octanol–water partition coefficient (Wildman–Crippen LogP) is 3.15. The van der Waals surface area contributed by atoms with Crippen LogP contribution in [0.3, 0.4) is 0 Å². The fourth-order valence-corrected chi connectivity index (χ4v) is 3.13. The van der Waals surface area contributed by atoms with Gasteiger partial charge in [-0.15, -0.1) is 11.3 Å². The largest absolute Gasteiger partial charge is 0.384 e. The Morgan fingerprint density at radius 2 is 2.30 bits per heavy atom. The van der Waals surface area contributed by atoms with E-state index >= 15 is 0 Å². The molecule has 1 atom stereocenters. The van der Waals surface area contributed by atoms with Gasteiger partial charge in [0.25, 0.3) is 0 Å². The van der Waals surface area contributed by atoms with Crippen molar-refractivity contribution in [1.82, 2.24) is 4.98 Å². The van der Waals surface area contributed by atoms with Gasteiger partial charge >= 0.3 is 0 Å². The van der Waals surface area contributed by atoms with Crippen molar-refractivity contribution < 1.29 is 0 Å². The number of anilines is 1. The topological polar surface area (TPSA) is 66.0 Å². The van der Waals surface area contributed by atoms with Gasteiger partial charge in [-0.25, -0.2) is 4.98 Å². The van der Waals surface area contributed by atoms with Crippen molar-refractivity contribution >= 4 is 34.6 Å². The summed E-state index contributed by atoms with van der Waals surface area (Å²) in [6, 6.07) is 6.08. The van der Waals surface area contributed by atoms with Gasteiger partial charge in [-0.2, -0.15) is 0 Å². The first-order valence-corrected chi connectivity index (χ1v) is 7.50. The van der Waals surface area contributed by atoms with Gasteiger partial charge in [-0.05, 0) is 24.4 Å². The second-order valence-electron chi connectivity index (χ2n) is 4.65. The highest BCUT2D eigenvalue weighted by atomic mass is 35.5. The standard InChI is InChI=1S/C14H17ClN4S/c1-9(8-10-4-3-7-20-10)19(2)14-12(15)11(13(16)17)5-6-18-14/h3-7,9H,8H2,1-2H3,(H3,16,17). The van der Waals surface area contributed by atoms with E-state index in [1.807, 2.05) is 18.0 Å². The predicted molar refractivity (Wildman–Crippen MR) is 86.2 cm³/mol. The number of nitrogens with zero attached hydrogens (tertiary/aromatic N) is 2. The van der Waals surface area contributed by atoms with Crippen molar-refractivity contribution in [2.45, 2.75) is 19.4 Å². The molecule has 0 bridgehead atoms. The number of likely N-dealkylation sites (N-methyl/N-ethyl adjacent to an activating group) is 1. The molecule has 3 N–H and O–H groups in total. The normalized spacial score (nSPS) is 12.2. The molecule has 0 fully saturated rings. The van der Waals surface area contributed by atoms with E-state index in [1.54, 1.807) is 23.6 Å². The second-order valence-corrected chi connectivity index (χ2v) is 6.06. The summed E-state index contributed by atoms with van der Waals surface area (Å²) in [5.41, 5.74) is 6.04. The number of nitrogen functional groups attached to an aromatic ring is 1. The lowest BCUT2D eigenvalue weighted by Crippen LogP contribution is -2.32. The van der Waals surface area contributed by atoms with Crippen molar-refractivity contribution in [2.24, 2.45) is 5.73 Å². The average molecular weight is 309 g/mol. The van der Waals surface area contributed by atoms with Gasteiger partial charge in [-0.1, -0.05) is 17.7 Å². The van der Waals surface area contributed by atoms with Crippen LogP contribution < -0.4 is 10.6 Å². The van der Waals surface area contributed by atoms with Crippen LogP contribution in [0.15, 0.2) is 29.8 Å². The maximum absolute atomic E-state index is 7.53.